The molecule has 0 heterocycles. The molecule has 1 fully saturated rings. The molecule has 5 heteroatoms. The highest BCUT2D eigenvalue weighted by Gasteiger charge is 2.27. The molecule has 0 saturated heterocycles. The lowest BCUT2D eigenvalue weighted by atomic mass is 9.80. The predicted octanol–water partition coefficient (Wildman–Crippen LogP) is 8.94. The Kier molecular flexibility index (Phi) is 13.2. The Bertz CT molecular complexity index is 942. The Morgan fingerprint density at radius 1 is 0.658 bits per heavy atom. The first-order valence-electron chi connectivity index (χ1n) is 14.9. The summed E-state index contributed by atoms with van der Waals surface area (Å²) in [4.78, 5) is 25.2. The zero-order valence-electron chi connectivity index (χ0n) is 23.4. The molecule has 0 N–H and O–H groups in total. The lowest BCUT2D eigenvalue weighted by Gasteiger charge is -2.27. The molecule has 1 saturated carbocycles. The van der Waals surface area contributed by atoms with Gasteiger partial charge in [-0.15, -0.1) is 0 Å². The van der Waals surface area contributed by atoms with Crippen molar-refractivity contribution in [1.82, 2.24) is 0 Å². The van der Waals surface area contributed by atoms with E-state index in [0.29, 0.717) is 23.7 Å². The van der Waals surface area contributed by atoms with Crippen LogP contribution in [0.1, 0.15) is 114 Å². The summed E-state index contributed by atoms with van der Waals surface area (Å²) < 4.78 is 16.9. The van der Waals surface area contributed by atoms with Crippen molar-refractivity contribution in [1.29, 1.82) is 0 Å². The van der Waals surface area contributed by atoms with Crippen molar-refractivity contribution in [3.05, 3.63) is 54.1 Å². The summed E-state index contributed by atoms with van der Waals surface area (Å²) in [6.45, 7) is 5.14. The maximum atomic E-state index is 12.6. The Balaban J connectivity index is 1.37. The SMILES string of the molecule is CCCCCCCCOc1ccc(C(=O)Oc2ccc(OC(=O)C3CCC(CCCCC)CC3)cc2)cc1. The van der Waals surface area contributed by atoms with E-state index in [4.69, 9.17) is 14.2 Å². The van der Waals surface area contributed by atoms with E-state index >= 15 is 0 Å². The summed E-state index contributed by atoms with van der Waals surface area (Å²) in [7, 11) is 0. The van der Waals surface area contributed by atoms with Gasteiger partial charge in [0.1, 0.15) is 17.2 Å². The number of benzene rings is 2. The zero-order chi connectivity index (χ0) is 27.0. The molecule has 1 aliphatic carbocycles. The highest BCUT2D eigenvalue weighted by atomic mass is 16.5. The lowest BCUT2D eigenvalue weighted by Crippen LogP contribution is -2.25. The molecular formula is C33H46O5. The van der Waals surface area contributed by atoms with Gasteiger partial charge in [0.05, 0.1) is 18.1 Å². The van der Waals surface area contributed by atoms with Gasteiger partial charge < -0.3 is 14.2 Å². The van der Waals surface area contributed by atoms with Crippen LogP contribution >= 0.6 is 0 Å². The van der Waals surface area contributed by atoms with Gasteiger partial charge in [-0.3, -0.25) is 4.79 Å². The molecule has 2 aromatic carbocycles. The van der Waals surface area contributed by atoms with Crippen LogP contribution in [0.4, 0.5) is 0 Å². The third-order valence-electron chi connectivity index (χ3n) is 7.51. The molecule has 0 aliphatic heterocycles. The lowest BCUT2D eigenvalue weighted by molar-refractivity contribution is -0.140. The van der Waals surface area contributed by atoms with Crippen LogP contribution in [0, 0.1) is 11.8 Å². The molecule has 208 valence electrons. The normalized spacial score (nSPS) is 17.1. The predicted molar refractivity (Wildman–Crippen MR) is 152 cm³/mol. The van der Waals surface area contributed by atoms with Crippen LogP contribution in [-0.2, 0) is 4.79 Å². The topological polar surface area (TPSA) is 61.8 Å². The van der Waals surface area contributed by atoms with Gasteiger partial charge in [0.2, 0.25) is 0 Å². The number of esters is 2. The molecule has 5 nitrogen and oxygen atoms in total. The Labute approximate surface area is 229 Å². The second-order valence-electron chi connectivity index (χ2n) is 10.6. The number of hydrogen-bond donors (Lipinski definition) is 0. The van der Waals surface area contributed by atoms with Crippen LogP contribution in [0.2, 0.25) is 0 Å². The quantitative estimate of drug-likeness (QED) is 0.125. The van der Waals surface area contributed by atoms with Crippen LogP contribution < -0.4 is 14.2 Å². The molecule has 1 aliphatic rings. The first-order valence-corrected chi connectivity index (χ1v) is 14.9. The first-order chi connectivity index (χ1) is 18.6. The molecule has 0 radical (unpaired) electrons. The molecule has 0 unspecified atom stereocenters. The average Bonchev–Trinajstić information content (AvgIpc) is 2.94. The van der Waals surface area contributed by atoms with Crippen LogP contribution in [0.25, 0.3) is 0 Å². The molecular weight excluding hydrogens is 476 g/mol. The fourth-order valence-corrected chi connectivity index (χ4v) is 5.07. The van der Waals surface area contributed by atoms with Gasteiger partial charge in [-0.25, -0.2) is 4.79 Å². The van der Waals surface area contributed by atoms with Crippen molar-refractivity contribution in [2.45, 2.75) is 104 Å². The second-order valence-corrected chi connectivity index (χ2v) is 10.6. The van der Waals surface area contributed by atoms with E-state index in [-0.39, 0.29) is 11.9 Å². The molecule has 0 aromatic heterocycles. The molecule has 3 rings (SSSR count). The minimum Gasteiger partial charge on any atom is -0.494 e. The van der Waals surface area contributed by atoms with Gasteiger partial charge >= 0.3 is 11.9 Å². The Hall–Kier alpha value is -2.82. The van der Waals surface area contributed by atoms with Crippen molar-refractivity contribution in [3.63, 3.8) is 0 Å². The zero-order valence-corrected chi connectivity index (χ0v) is 23.4. The van der Waals surface area contributed by atoms with Gasteiger partial charge in [-0.2, -0.15) is 0 Å². The van der Waals surface area contributed by atoms with Crippen LogP contribution in [0.15, 0.2) is 48.5 Å². The maximum absolute atomic E-state index is 12.6. The van der Waals surface area contributed by atoms with E-state index in [1.165, 1.54) is 57.8 Å². The smallest absolute Gasteiger partial charge is 0.343 e. The van der Waals surface area contributed by atoms with Crippen molar-refractivity contribution in [3.8, 4) is 17.2 Å². The average molecular weight is 523 g/mol. The third kappa shape index (κ3) is 10.5. The highest BCUT2D eigenvalue weighted by molar-refractivity contribution is 5.91. The van der Waals surface area contributed by atoms with E-state index in [0.717, 1.165) is 43.8 Å². The van der Waals surface area contributed by atoms with E-state index in [9.17, 15) is 9.59 Å². The number of carbonyl (C=O) groups is 2. The van der Waals surface area contributed by atoms with Crippen LogP contribution in [0.5, 0.6) is 17.2 Å². The van der Waals surface area contributed by atoms with Crippen molar-refractivity contribution < 1.29 is 23.8 Å². The molecule has 0 bridgehead atoms. The standard InChI is InChI=1S/C33H46O5/c1-3-5-7-8-9-11-25-36-29-19-17-28(18-20-29)33(35)38-31-23-21-30(22-24-31)37-32(34)27-15-13-26(14-16-27)12-10-6-4-2/h17-24,26-27H,3-16,25H2,1-2H3. The summed E-state index contributed by atoms with van der Waals surface area (Å²) in [6.07, 6.45) is 16.5. The molecule has 0 amide bonds. The van der Waals surface area contributed by atoms with E-state index < -0.39 is 5.97 Å². The van der Waals surface area contributed by atoms with Crippen molar-refractivity contribution >= 4 is 11.9 Å². The fourth-order valence-electron chi connectivity index (χ4n) is 5.07. The number of rotatable bonds is 16. The molecule has 0 atom stereocenters. The highest BCUT2D eigenvalue weighted by Crippen LogP contribution is 2.33. The maximum Gasteiger partial charge on any atom is 0.343 e. The number of carbonyl (C=O) groups excluding carboxylic acids is 2. The van der Waals surface area contributed by atoms with Gasteiger partial charge in [0.15, 0.2) is 0 Å². The minimum absolute atomic E-state index is 0.0207. The van der Waals surface area contributed by atoms with Gasteiger partial charge in [0, 0.05) is 0 Å². The number of ether oxygens (including phenoxy) is 3. The Morgan fingerprint density at radius 2 is 1.21 bits per heavy atom. The van der Waals surface area contributed by atoms with Crippen LogP contribution in [0.3, 0.4) is 0 Å². The third-order valence-corrected chi connectivity index (χ3v) is 7.51. The molecule has 0 spiro atoms. The summed E-state index contributed by atoms with van der Waals surface area (Å²) in [5, 5.41) is 0. The fraction of sp³-hybridized carbons (Fsp3) is 0.576. The van der Waals surface area contributed by atoms with Crippen molar-refractivity contribution in [2.75, 3.05) is 6.61 Å². The van der Waals surface area contributed by atoms with Gasteiger partial charge in [-0.05, 0) is 86.6 Å². The summed E-state index contributed by atoms with van der Waals surface area (Å²) in [5.41, 5.74) is 0.456. The first kappa shape index (κ1) is 29.7. The van der Waals surface area contributed by atoms with E-state index in [2.05, 4.69) is 13.8 Å². The number of hydrogen-bond acceptors (Lipinski definition) is 5. The van der Waals surface area contributed by atoms with E-state index in [1.54, 1.807) is 48.5 Å². The Morgan fingerprint density at radius 3 is 1.87 bits per heavy atom. The van der Waals surface area contributed by atoms with Crippen molar-refractivity contribution in [2.24, 2.45) is 11.8 Å². The van der Waals surface area contributed by atoms with Crippen LogP contribution in [-0.4, -0.2) is 18.5 Å². The number of unbranched alkanes of at least 4 members (excludes halogenated alkanes) is 7. The summed E-state index contributed by atoms with van der Waals surface area (Å²) in [6, 6.07) is 13.7. The minimum atomic E-state index is -0.437. The van der Waals surface area contributed by atoms with Gasteiger partial charge in [0.25, 0.3) is 0 Å². The summed E-state index contributed by atoms with van der Waals surface area (Å²) in [5.74, 6) is 1.79. The van der Waals surface area contributed by atoms with Gasteiger partial charge in [-0.1, -0.05) is 71.6 Å². The monoisotopic (exact) mass is 522 g/mol. The molecule has 2 aromatic rings. The van der Waals surface area contributed by atoms with E-state index in [1.807, 2.05) is 0 Å². The summed E-state index contributed by atoms with van der Waals surface area (Å²) >= 11 is 0. The largest absolute Gasteiger partial charge is 0.494 e. The second kappa shape index (κ2) is 16.9. The molecule has 38 heavy (non-hydrogen) atoms.